The first-order valence-electron chi connectivity index (χ1n) is 6.12. The molecule has 0 atom stereocenters. The molecule has 0 saturated carbocycles. The molecule has 100 valence electrons. The Morgan fingerprint density at radius 1 is 1.28 bits per heavy atom. The Morgan fingerprint density at radius 2 is 1.83 bits per heavy atom. The molecule has 0 heterocycles. The number of hydrogen-bond donors (Lipinski definition) is 0. The monoisotopic (exact) mass is 249 g/mol. The van der Waals surface area contributed by atoms with Gasteiger partial charge in [-0.15, -0.1) is 0 Å². The van der Waals surface area contributed by atoms with Crippen molar-refractivity contribution in [3.63, 3.8) is 0 Å². The molecule has 0 aromatic heterocycles. The van der Waals surface area contributed by atoms with Crippen LogP contribution in [0.15, 0.2) is 23.7 Å². The highest BCUT2D eigenvalue weighted by molar-refractivity contribution is 5.84. The fraction of sp³-hybridized carbons (Fsp3) is 0.438. The van der Waals surface area contributed by atoms with Crippen molar-refractivity contribution >= 4 is 17.5 Å². The summed E-state index contributed by atoms with van der Waals surface area (Å²) in [5.41, 5.74) is 5.90. The van der Waals surface area contributed by atoms with Crippen molar-refractivity contribution < 1.29 is 4.39 Å². The van der Waals surface area contributed by atoms with Crippen LogP contribution in [0, 0.1) is 6.92 Å². The summed E-state index contributed by atoms with van der Waals surface area (Å²) < 4.78 is 9.50. The normalized spacial score (nSPS) is 9.56. The van der Waals surface area contributed by atoms with Crippen molar-refractivity contribution in [1.29, 1.82) is 0 Å². The summed E-state index contributed by atoms with van der Waals surface area (Å²) >= 11 is 0. The first kappa shape index (κ1) is 16.6. The largest absolute Gasteiger partial charge is 0.258 e. The second-order valence-corrected chi connectivity index (χ2v) is 4.69. The van der Waals surface area contributed by atoms with Crippen molar-refractivity contribution in [2.45, 2.75) is 40.5 Å². The molecule has 2 heteroatoms. The molecule has 0 fully saturated rings. The standard InChI is InChI=1S/C15H21N.CH3F/c1-7-13-8-12(6)14(10(2)3)9-15(13)16-11(4)5;1-2/h7-10H,1H2,2-6H3;1H3. The van der Waals surface area contributed by atoms with E-state index in [1.54, 1.807) is 0 Å². The molecule has 0 unspecified atom stereocenters. The lowest BCUT2D eigenvalue weighted by molar-refractivity contribution is 0.636. The van der Waals surface area contributed by atoms with Crippen LogP contribution in [-0.2, 0) is 0 Å². The maximum absolute atomic E-state index is 9.50. The molecule has 0 amide bonds. The number of hydrogen-bond acceptors (Lipinski definition) is 1. The Bertz CT molecular complexity index is 427. The van der Waals surface area contributed by atoms with Crippen molar-refractivity contribution in [2.24, 2.45) is 4.99 Å². The quantitative estimate of drug-likeness (QED) is 0.631. The summed E-state index contributed by atoms with van der Waals surface area (Å²) in [6.45, 7) is 14.4. The van der Waals surface area contributed by atoms with Crippen molar-refractivity contribution in [3.05, 3.63) is 35.4 Å². The Morgan fingerprint density at radius 3 is 2.22 bits per heavy atom. The summed E-state index contributed by atoms with van der Waals surface area (Å²) in [4.78, 5) is 4.56. The van der Waals surface area contributed by atoms with E-state index < -0.39 is 0 Å². The third-order valence-corrected chi connectivity index (χ3v) is 2.60. The van der Waals surface area contributed by atoms with Gasteiger partial charge in [0, 0.05) is 5.71 Å². The Balaban J connectivity index is 0.00000137. The highest BCUT2D eigenvalue weighted by Crippen LogP contribution is 2.29. The van der Waals surface area contributed by atoms with E-state index in [1.807, 2.05) is 19.9 Å². The summed E-state index contributed by atoms with van der Waals surface area (Å²) in [7, 11) is 0.500. The van der Waals surface area contributed by atoms with Gasteiger partial charge in [-0.3, -0.25) is 9.38 Å². The molecular formula is C16H24FN. The van der Waals surface area contributed by atoms with Crippen LogP contribution in [0.1, 0.15) is 50.3 Å². The molecular weight excluding hydrogens is 225 g/mol. The van der Waals surface area contributed by atoms with Crippen LogP contribution < -0.4 is 0 Å². The van der Waals surface area contributed by atoms with Crippen LogP contribution in [0.2, 0.25) is 0 Å². The number of aryl methyl sites for hydroxylation is 1. The van der Waals surface area contributed by atoms with Crippen molar-refractivity contribution in [2.75, 3.05) is 7.18 Å². The van der Waals surface area contributed by atoms with Gasteiger partial charge in [0.25, 0.3) is 0 Å². The molecule has 1 nitrogen and oxygen atoms in total. The molecule has 0 bridgehead atoms. The maximum Gasteiger partial charge on any atom is 0.0785 e. The van der Waals surface area contributed by atoms with Gasteiger partial charge in [0.15, 0.2) is 0 Å². The highest BCUT2D eigenvalue weighted by Gasteiger charge is 2.07. The van der Waals surface area contributed by atoms with Gasteiger partial charge in [-0.25, -0.2) is 0 Å². The number of rotatable bonds is 3. The van der Waals surface area contributed by atoms with E-state index in [1.165, 1.54) is 11.1 Å². The molecule has 0 N–H and O–H groups in total. The minimum absolute atomic E-state index is 0.500. The van der Waals surface area contributed by atoms with Gasteiger partial charge in [-0.2, -0.15) is 0 Å². The zero-order valence-corrected chi connectivity index (χ0v) is 12.3. The van der Waals surface area contributed by atoms with Crippen molar-refractivity contribution in [3.8, 4) is 0 Å². The predicted molar refractivity (Wildman–Crippen MR) is 80.8 cm³/mol. The molecule has 0 radical (unpaired) electrons. The van der Waals surface area contributed by atoms with Crippen LogP contribution in [0.5, 0.6) is 0 Å². The lowest BCUT2D eigenvalue weighted by Crippen LogP contribution is -1.93. The summed E-state index contributed by atoms with van der Waals surface area (Å²) in [5, 5.41) is 0. The molecule has 0 spiro atoms. The SMILES string of the molecule is C=Cc1cc(C)c(C(C)C)cc1N=C(C)C.CF. The minimum atomic E-state index is 0.500. The lowest BCUT2D eigenvalue weighted by atomic mass is 9.95. The predicted octanol–water partition coefficient (Wildman–Crippen LogP) is 5.46. The Hall–Kier alpha value is -1.44. The second kappa shape index (κ2) is 7.80. The molecule has 18 heavy (non-hydrogen) atoms. The van der Waals surface area contributed by atoms with Gasteiger partial charge >= 0.3 is 0 Å². The number of halogens is 1. The molecule has 0 saturated heterocycles. The fourth-order valence-electron chi connectivity index (χ4n) is 1.86. The molecule has 0 aliphatic heterocycles. The van der Waals surface area contributed by atoms with Crippen LogP contribution >= 0.6 is 0 Å². The maximum atomic E-state index is 9.50. The van der Waals surface area contributed by atoms with Crippen molar-refractivity contribution in [1.82, 2.24) is 0 Å². The number of benzene rings is 1. The van der Waals surface area contributed by atoms with E-state index in [9.17, 15) is 4.39 Å². The van der Waals surface area contributed by atoms with E-state index in [2.05, 4.69) is 44.5 Å². The molecule has 0 aliphatic rings. The van der Waals surface area contributed by atoms with Gasteiger partial charge in [-0.1, -0.05) is 26.5 Å². The van der Waals surface area contributed by atoms with Gasteiger partial charge in [0.1, 0.15) is 0 Å². The van der Waals surface area contributed by atoms with Gasteiger partial charge < -0.3 is 0 Å². The lowest BCUT2D eigenvalue weighted by Gasteiger charge is -2.13. The van der Waals surface area contributed by atoms with E-state index in [0.29, 0.717) is 13.1 Å². The zero-order chi connectivity index (χ0) is 14.3. The van der Waals surface area contributed by atoms with E-state index in [0.717, 1.165) is 17.0 Å². The first-order chi connectivity index (χ1) is 8.45. The van der Waals surface area contributed by atoms with Gasteiger partial charge in [-0.05, 0) is 55.5 Å². The molecule has 1 aromatic carbocycles. The Labute approximate surface area is 110 Å². The molecule has 0 aliphatic carbocycles. The molecule has 1 aromatic rings. The van der Waals surface area contributed by atoms with E-state index in [4.69, 9.17) is 0 Å². The summed E-state index contributed by atoms with van der Waals surface area (Å²) in [6.07, 6.45) is 1.87. The third kappa shape index (κ3) is 4.44. The topological polar surface area (TPSA) is 12.4 Å². The average Bonchev–Trinajstić information content (AvgIpc) is 2.32. The third-order valence-electron chi connectivity index (χ3n) is 2.60. The number of nitrogens with zero attached hydrogens (tertiary/aromatic N) is 1. The smallest absolute Gasteiger partial charge is 0.0785 e. The van der Waals surface area contributed by atoms with E-state index in [-0.39, 0.29) is 0 Å². The fourth-order valence-corrected chi connectivity index (χ4v) is 1.86. The minimum Gasteiger partial charge on any atom is -0.258 e. The van der Waals surface area contributed by atoms with Gasteiger partial charge in [0.05, 0.1) is 12.9 Å². The molecule has 1 rings (SSSR count). The summed E-state index contributed by atoms with van der Waals surface area (Å²) in [5.74, 6) is 0.532. The second-order valence-electron chi connectivity index (χ2n) is 4.69. The number of aliphatic imine (C=N–C) groups is 1. The number of alkyl halides is 1. The highest BCUT2D eigenvalue weighted by atomic mass is 19.1. The zero-order valence-electron chi connectivity index (χ0n) is 12.3. The van der Waals surface area contributed by atoms with E-state index >= 15 is 0 Å². The van der Waals surface area contributed by atoms with Crippen LogP contribution in [0.4, 0.5) is 10.1 Å². The van der Waals surface area contributed by atoms with Gasteiger partial charge in [0.2, 0.25) is 0 Å². The Kier molecular flexibility index (Phi) is 7.18. The van der Waals surface area contributed by atoms with Crippen LogP contribution in [0.25, 0.3) is 6.08 Å². The summed E-state index contributed by atoms with van der Waals surface area (Å²) in [6, 6.07) is 4.36. The van der Waals surface area contributed by atoms with Crippen LogP contribution in [0.3, 0.4) is 0 Å². The van der Waals surface area contributed by atoms with Crippen LogP contribution in [-0.4, -0.2) is 12.9 Å². The average molecular weight is 249 g/mol. The first-order valence-corrected chi connectivity index (χ1v) is 6.12.